The van der Waals surface area contributed by atoms with Crippen molar-refractivity contribution in [1.82, 2.24) is 10.3 Å². The molecular weight excluding hydrogens is 258 g/mol. The first-order chi connectivity index (χ1) is 10.0. The van der Waals surface area contributed by atoms with Crippen LogP contribution in [0.2, 0.25) is 0 Å². The number of nitrogen functional groups attached to an aromatic ring is 1. The van der Waals surface area contributed by atoms with E-state index in [1.807, 2.05) is 6.20 Å². The van der Waals surface area contributed by atoms with Crippen LogP contribution in [0.3, 0.4) is 0 Å². The van der Waals surface area contributed by atoms with Gasteiger partial charge in [-0.2, -0.15) is 0 Å². The molecule has 0 spiro atoms. The summed E-state index contributed by atoms with van der Waals surface area (Å²) in [7, 11) is 0. The smallest absolute Gasteiger partial charge is 0.128 e. The van der Waals surface area contributed by atoms with Crippen molar-refractivity contribution in [1.29, 1.82) is 0 Å². The summed E-state index contributed by atoms with van der Waals surface area (Å²) in [6, 6.07) is 2.57. The van der Waals surface area contributed by atoms with Crippen LogP contribution in [0.25, 0.3) is 0 Å². The number of aromatic nitrogens is 1. The third-order valence-corrected chi connectivity index (χ3v) is 5.08. The molecule has 1 aromatic heterocycles. The fraction of sp³-hybridized carbons (Fsp3) is 0.722. The highest BCUT2D eigenvalue weighted by atomic mass is 14.9. The van der Waals surface area contributed by atoms with Gasteiger partial charge in [0.2, 0.25) is 0 Å². The summed E-state index contributed by atoms with van der Waals surface area (Å²) >= 11 is 0. The van der Waals surface area contributed by atoms with E-state index in [2.05, 4.69) is 44.1 Å². The van der Waals surface area contributed by atoms with Gasteiger partial charge in [0.1, 0.15) is 5.82 Å². The molecule has 118 valence electrons. The molecule has 0 bridgehead atoms. The topological polar surface area (TPSA) is 50.9 Å². The van der Waals surface area contributed by atoms with Crippen molar-refractivity contribution in [3.8, 4) is 0 Å². The Hall–Kier alpha value is -1.09. The van der Waals surface area contributed by atoms with E-state index >= 15 is 0 Å². The maximum atomic E-state index is 6.15. The van der Waals surface area contributed by atoms with Crippen LogP contribution in [0.1, 0.15) is 63.6 Å². The SMILES string of the molecule is CCNC(c1cc(C)cnc1N)C1CCC(C(C)C)CC1. The van der Waals surface area contributed by atoms with Crippen molar-refractivity contribution in [2.45, 2.75) is 59.4 Å². The highest BCUT2D eigenvalue weighted by Gasteiger charge is 2.30. The van der Waals surface area contributed by atoms with Crippen LogP contribution >= 0.6 is 0 Å². The quantitative estimate of drug-likeness (QED) is 0.858. The van der Waals surface area contributed by atoms with Crippen molar-refractivity contribution in [2.75, 3.05) is 12.3 Å². The predicted molar refractivity (Wildman–Crippen MR) is 90.1 cm³/mol. The molecule has 3 N–H and O–H groups in total. The fourth-order valence-electron chi connectivity index (χ4n) is 3.75. The Labute approximate surface area is 129 Å². The second-order valence-electron chi connectivity index (χ2n) is 6.94. The number of anilines is 1. The lowest BCUT2D eigenvalue weighted by molar-refractivity contribution is 0.190. The molecule has 3 heteroatoms. The molecule has 3 nitrogen and oxygen atoms in total. The standard InChI is InChI=1S/C18H31N3/c1-5-20-17(16-10-13(4)11-21-18(16)19)15-8-6-14(7-9-15)12(2)3/h10-12,14-15,17,20H,5-9H2,1-4H3,(H2,19,21). The van der Waals surface area contributed by atoms with Crippen LogP contribution < -0.4 is 11.1 Å². The van der Waals surface area contributed by atoms with Crippen LogP contribution in [0, 0.1) is 24.7 Å². The molecule has 0 amide bonds. The average Bonchev–Trinajstić information content (AvgIpc) is 2.48. The second-order valence-corrected chi connectivity index (χ2v) is 6.94. The Bertz CT molecular complexity index is 448. The van der Waals surface area contributed by atoms with Gasteiger partial charge in [0.15, 0.2) is 0 Å². The van der Waals surface area contributed by atoms with E-state index in [0.29, 0.717) is 17.8 Å². The molecule has 0 aromatic carbocycles. The van der Waals surface area contributed by atoms with Gasteiger partial charge in [-0.3, -0.25) is 0 Å². The van der Waals surface area contributed by atoms with E-state index in [-0.39, 0.29) is 0 Å². The average molecular weight is 289 g/mol. The Morgan fingerprint density at radius 1 is 1.24 bits per heavy atom. The third-order valence-electron chi connectivity index (χ3n) is 5.08. The maximum absolute atomic E-state index is 6.15. The maximum Gasteiger partial charge on any atom is 0.128 e. The molecule has 0 radical (unpaired) electrons. The highest BCUT2D eigenvalue weighted by Crippen LogP contribution is 2.40. The molecule has 0 saturated heterocycles. The van der Waals surface area contributed by atoms with Gasteiger partial charge in [-0.05, 0) is 68.5 Å². The Balaban J connectivity index is 2.14. The number of hydrogen-bond acceptors (Lipinski definition) is 3. The molecule has 1 fully saturated rings. The van der Waals surface area contributed by atoms with Gasteiger partial charge < -0.3 is 11.1 Å². The molecule has 0 aliphatic heterocycles. The van der Waals surface area contributed by atoms with Gasteiger partial charge >= 0.3 is 0 Å². The lowest BCUT2D eigenvalue weighted by Gasteiger charge is -2.36. The largest absolute Gasteiger partial charge is 0.383 e. The molecule has 2 rings (SSSR count). The van der Waals surface area contributed by atoms with Crippen molar-refractivity contribution >= 4 is 5.82 Å². The number of nitrogens with two attached hydrogens (primary N) is 1. The minimum absolute atomic E-state index is 0.357. The molecule has 1 aliphatic carbocycles. The molecule has 1 saturated carbocycles. The van der Waals surface area contributed by atoms with Crippen LogP contribution in [-0.4, -0.2) is 11.5 Å². The van der Waals surface area contributed by atoms with Crippen LogP contribution in [0.15, 0.2) is 12.3 Å². The first-order valence-electron chi connectivity index (χ1n) is 8.48. The van der Waals surface area contributed by atoms with E-state index in [0.717, 1.165) is 18.4 Å². The lowest BCUT2D eigenvalue weighted by atomic mass is 9.73. The van der Waals surface area contributed by atoms with Crippen molar-refractivity contribution in [3.63, 3.8) is 0 Å². The molecule has 1 unspecified atom stereocenters. The minimum Gasteiger partial charge on any atom is -0.383 e. The zero-order valence-corrected chi connectivity index (χ0v) is 14.0. The number of pyridine rings is 1. The molecule has 1 aromatic rings. The summed E-state index contributed by atoms with van der Waals surface area (Å²) in [5.41, 5.74) is 8.54. The van der Waals surface area contributed by atoms with E-state index in [1.54, 1.807) is 0 Å². The van der Waals surface area contributed by atoms with Gasteiger partial charge in [0.05, 0.1) is 0 Å². The Kier molecular flexibility index (Phi) is 5.63. The Morgan fingerprint density at radius 3 is 2.43 bits per heavy atom. The zero-order chi connectivity index (χ0) is 15.4. The zero-order valence-electron chi connectivity index (χ0n) is 14.0. The number of nitrogens with one attached hydrogen (secondary N) is 1. The summed E-state index contributed by atoms with van der Waals surface area (Å²) in [6.07, 6.45) is 7.16. The first kappa shape index (κ1) is 16.3. The number of nitrogens with zero attached hydrogens (tertiary/aromatic N) is 1. The van der Waals surface area contributed by atoms with E-state index in [4.69, 9.17) is 5.73 Å². The summed E-state index contributed by atoms with van der Waals surface area (Å²) in [4.78, 5) is 4.36. The monoisotopic (exact) mass is 289 g/mol. The van der Waals surface area contributed by atoms with Gasteiger partial charge in [-0.25, -0.2) is 4.98 Å². The summed E-state index contributed by atoms with van der Waals surface area (Å²) in [5.74, 6) is 3.09. The number of aryl methyl sites for hydroxylation is 1. The molecule has 21 heavy (non-hydrogen) atoms. The summed E-state index contributed by atoms with van der Waals surface area (Å²) in [6.45, 7) is 9.95. The Morgan fingerprint density at radius 2 is 1.86 bits per heavy atom. The van der Waals surface area contributed by atoms with Crippen LogP contribution in [0.5, 0.6) is 0 Å². The normalized spacial score (nSPS) is 24.2. The van der Waals surface area contributed by atoms with Crippen molar-refractivity contribution < 1.29 is 0 Å². The number of rotatable bonds is 5. The minimum atomic E-state index is 0.357. The molecule has 1 atom stereocenters. The number of hydrogen-bond donors (Lipinski definition) is 2. The molecule has 1 heterocycles. The first-order valence-corrected chi connectivity index (χ1v) is 8.48. The van der Waals surface area contributed by atoms with Crippen molar-refractivity contribution in [2.24, 2.45) is 17.8 Å². The van der Waals surface area contributed by atoms with E-state index in [9.17, 15) is 0 Å². The highest BCUT2D eigenvalue weighted by molar-refractivity contribution is 5.43. The molecule has 1 aliphatic rings. The van der Waals surface area contributed by atoms with E-state index < -0.39 is 0 Å². The van der Waals surface area contributed by atoms with E-state index in [1.165, 1.54) is 36.8 Å². The van der Waals surface area contributed by atoms with Gasteiger partial charge in [-0.1, -0.05) is 20.8 Å². The third kappa shape index (κ3) is 3.97. The van der Waals surface area contributed by atoms with Gasteiger partial charge in [0.25, 0.3) is 0 Å². The predicted octanol–water partition coefficient (Wildman–Crippen LogP) is 4.09. The van der Waals surface area contributed by atoms with Crippen LogP contribution in [0.4, 0.5) is 5.82 Å². The summed E-state index contributed by atoms with van der Waals surface area (Å²) < 4.78 is 0. The second kappa shape index (κ2) is 7.26. The van der Waals surface area contributed by atoms with Crippen LogP contribution in [-0.2, 0) is 0 Å². The fourth-order valence-corrected chi connectivity index (χ4v) is 3.75. The summed E-state index contributed by atoms with van der Waals surface area (Å²) in [5, 5.41) is 3.66. The lowest BCUT2D eigenvalue weighted by Crippen LogP contribution is -2.32. The van der Waals surface area contributed by atoms with Gasteiger partial charge in [-0.15, -0.1) is 0 Å². The van der Waals surface area contributed by atoms with Crippen molar-refractivity contribution in [3.05, 3.63) is 23.4 Å². The van der Waals surface area contributed by atoms with Gasteiger partial charge in [0, 0.05) is 17.8 Å². The molecular formula is C18H31N3.